The number of anilines is 3. The molecule has 2 heterocycles. The predicted molar refractivity (Wildman–Crippen MR) is 241 cm³/mol. The average Bonchev–Trinajstić information content (AvgIpc) is 3.71. The molecule has 274 valence electrons. The van der Waals surface area contributed by atoms with E-state index in [1.54, 1.807) is 0 Å². The van der Waals surface area contributed by atoms with E-state index in [-0.39, 0.29) is 5.41 Å². The highest BCUT2D eigenvalue weighted by Crippen LogP contribution is 2.55. The van der Waals surface area contributed by atoms with Crippen LogP contribution in [0.4, 0.5) is 17.1 Å². The number of rotatable bonds is 5. The quantitative estimate of drug-likeness (QED) is 0.175. The molecule has 0 spiro atoms. The van der Waals surface area contributed by atoms with Gasteiger partial charge in [-0.1, -0.05) is 141 Å². The molecule has 0 N–H and O–H groups in total. The van der Waals surface area contributed by atoms with Gasteiger partial charge in [0.2, 0.25) is 0 Å². The van der Waals surface area contributed by atoms with Crippen LogP contribution in [0.2, 0.25) is 0 Å². The molecule has 2 aliphatic rings. The number of para-hydroxylation sites is 1. The van der Waals surface area contributed by atoms with E-state index in [0.29, 0.717) is 0 Å². The standard InChI is InChI=1S/C55H38N2O/c1-55(2)46-22-10-9-20-42(46)54-47(55)23-13-24-49(54)56(39-28-26-36(27-29-39)35-14-5-3-6-15-35)40-30-31-48-43(32-40)44-33-45-41-21-11-16-37-17-12-25-51(53(37)41)58-52(45)34-50(44)57(48)38-18-7-4-8-19-38/h3-34H,1-2H3. The number of fused-ring (bicyclic) bond motifs is 8. The van der Waals surface area contributed by atoms with Gasteiger partial charge in [0.15, 0.2) is 0 Å². The molecule has 0 bridgehead atoms. The van der Waals surface area contributed by atoms with E-state index in [4.69, 9.17) is 4.74 Å². The third-order valence-electron chi connectivity index (χ3n) is 12.6. The average molecular weight is 743 g/mol. The molecule has 0 unspecified atom stereocenters. The minimum Gasteiger partial charge on any atom is -0.456 e. The van der Waals surface area contributed by atoms with Crippen LogP contribution in [0.3, 0.4) is 0 Å². The Bertz CT molecular complexity index is 3260. The van der Waals surface area contributed by atoms with Gasteiger partial charge in [-0.15, -0.1) is 0 Å². The predicted octanol–water partition coefficient (Wildman–Crippen LogP) is 15.2. The maximum Gasteiger partial charge on any atom is 0.137 e. The molecule has 0 saturated carbocycles. The fraction of sp³-hybridized carbons (Fsp3) is 0.0545. The van der Waals surface area contributed by atoms with Crippen LogP contribution in [-0.4, -0.2) is 4.57 Å². The fourth-order valence-corrected chi connectivity index (χ4v) is 9.84. The lowest BCUT2D eigenvalue weighted by molar-refractivity contribution is 0.487. The topological polar surface area (TPSA) is 17.4 Å². The summed E-state index contributed by atoms with van der Waals surface area (Å²) in [6.45, 7) is 4.71. The zero-order valence-electron chi connectivity index (χ0n) is 32.3. The van der Waals surface area contributed by atoms with E-state index in [1.807, 2.05) is 0 Å². The maximum absolute atomic E-state index is 6.73. The molecule has 10 aromatic rings. The lowest BCUT2D eigenvalue weighted by atomic mass is 9.82. The van der Waals surface area contributed by atoms with Crippen LogP contribution < -0.4 is 9.64 Å². The smallest absolute Gasteiger partial charge is 0.137 e. The van der Waals surface area contributed by atoms with Gasteiger partial charge in [-0.3, -0.25) is 0 Å². The largest absolute Gasteiger partial charge is 0.456 e. The van der Waals surface area contributed by atoms with Crippen LogP contribution in [0, 0.1) is 0 Å². The molecule has 3 nitrogen and oxygen atoms in total. The van der Waals surface area contributed by atoms with E-state index in [0.717, 1.165) is 50.5 Å². The summed E-state index contributed by atoms with van der Waals surface area (Å²) in [5, 5.41) is 4.72. The van der Waals surface area contributed by atoms with Crippen molar-refractivity contribution in [3.05, 3.63) is 205 Å². The first-order valence-electron chi connectivity index (χ1n) is 20.1. The number of nitrogens with zero attached hydrogens (tertiary/aromatic N) is 2. The number of benzene rings is 9. The summed E-state index contributed by atoms with van der Waals surface area (Å²) in [5.41, 5.74) is 16.6. The Labute approximate surface area is 337 Å². The Kier molecular flexibility index (Phi) is 6.98. The zero-order valence-corrected chi connectivity index (χ0v) is 32.3. The van der Waals surface area contributed by atoms with E-state index in [1.165, 1.54) is 60.8 Å². The highest BCUT2D eigenvalue weighted by molar-refractivity contribution is 6.15. The van der Waals surface area contributed by atoms with Crippen LogP contribution in [-0.2, 0) is 5.41 Å². The van der Waals surface area contributed by atoms with E-state index in [9.17, 15) is 0 Å². The van der Waals surface area contributed by atoms with Gasteiger partial charge in [0.1, 0.15) is 11.5 Å². The highest BCUT2D eigenvalue weighted by Gasteiger charge is 2.38. The van der Waals surface area contributed by atoms with Gasteiger partial charge in [-0.25, -0.2) is 0 Å². The van der Waals surface area contributed by atoms with Crippen molar-refractivity contribution in [1.29, 1.82) is 0 Å². The normalized spacial score (nSPS) is 13.3. The Hall–Kier alpha value is -7.36. The van der Waals surface area contributed by atoms with Gasteiger partial charge in [0, 0.05) is 55.8 Å². The third-order valence-corrected chi connectivity index (χ3v) is 12.6. The number of aromatic nitrogens is 1. The third kappa shape index (κ3) is 4.74. The van der Waals surface area contributed by atoms with Crippen molar-refractivity contribution in [2.75, 3.05) is 4.90 Å². The van der Waals surface area contributed by atoms with Crippen molar-refractivity contribution in [3.63, 3.8) is 0 Å². The molecule has 12 rings (SSSR count). The Morgan fingerprint density at radius 2 is 1.12 bits per heavy atom. The van der Waals surface area contributed by atoms with Crippen molar-refractivity contribution in [2.24, 2.45) is 0 Å². The molecule has 9 aromatic carbocycles. The summed E-state index contributed by atoms with van der Waals surface area (Å²) in [6.07, 6.45) is 0. The van der Waals surface area contributed by atoms with Crippen LogP contribution >= 0.6 is 0 Å². The van der Waals surface area contributed by atoms with Crippen LogP contribution in [0.25, 0.3) is 71.6 Å². The molecule has 0 amide bonds. The molecule has 0 saturated heterocycles. The molecule has 1 aliphatic heterocycles. The van der Waals surface area contributed by atoms with Gasteiger partial charge < -0.3 is 14.2 Å². The number of ether oxygens (including phenoxy) is 1. The van der Waals surface area contributed by atoms with Gasteiger partial charge in [-0.2, -0.15) is 0 Å². The van der Waals surface area contributed by atoms with Gasteiger partial charge in [0.05, 0.1) is 16.7 Å². The Balaban J connectivity index is 1.13. The highest BCUT2D eigenvalue weighted by atomic mass is 16.5. The summed E-state index contributed by atoms with van der Waals surface area (Å²) in [4.78, 5) is 2.47. The summed E-state index contributed by atoms with van der Waals surface area (Å²) >= 11 is 0. The minimum absolute atomic E-state index is 0.125. The lowest BCUT2D eigenvalue weighted by Crippen LogP contribution is -2.16. The lowest BCUT2D eigenvalue weighted by Gasteiger charge is -2.29. The fourth-order valence-electron chi connectivity index (χ4n) is 9.84. The second kappa shape index (κ2) is 12.3. The molecule has 0 atom stereocenters. The van der Waals surface area contributed by atoms with Gasteiger partial charge >= 0.3 is 0 Å². The second-order valence-electron chi connectivity index (χ2n) is 16.1. The monoisotopic (exact) mass is 742 g/mol. The molecule has 1 aromatic heterocycles. The van der Waals surface area contributed by atoms with Crippen molar-refractivity contribution in [3.8, 4) is 50.6 Å². The second-order valence-corrected chi connectivity index (χ2v) is 16.1. The summed E-state index contributed by atoms with van der Waals surface area (Å²) in [6, 6.07) is 70.7. The molecule has 0 fully saturated rings. The molecular formula is C55H38N2O. The first-order chi connectivity index (χ1) is 28.5. The van der Waals surface area contributed by atoms with Crippen LogP contribution in [0.5, 0.6) is 11.5 Å². The van der Waals surface area contributed by atoms with E-state index < -0.39 is 0 Å². The molecular weight excluding hydrogens is 705 g/mol. The molecule has 58 heavy (non-hydrogen) atoms. The minimum atomic E-state index is -0.125. The maximum atomic E-state index is 6.73. The summed E-state index contributed by atoms with van der Waals surface area (Å²) in [7, 11) is 0. The van der Waals surface area contributed by atoms with Crippen molar-refractivity contribution in [1.82, 2.24) is 4.57 Å². The van der Waals surface area contributed by atoms with Crippen molar-refractivity contribution in [2.45, 2.75) is 19.3 Å². The van der Waals surface area contributed by atoms with Crippen molar-refractivity contribution < 1.29 is 4.74 Å². The first kappa shape index (κ1) is 32.8. The van der Waals surface area contributed by atoms with E-state index >= 15 is 0 Å². The molecule has 1 aliphatic carbocycles. The SMILES string of the molecule is CC1(C)c2ccccc2-c2c(N(c3ccc(-c4ccccc4)cc3)c3ccc4c(c3)c3cc5c(cc3n4-c3ccccc3)Oc3cccc4cccc-5c34)cccc21. The van der Waals surface area contributed by atoms with E-state index in [2.05, 4.69) is 217 Å². The Morgan fingerprint density at radius 3 is 1.95 bits per heavy atom. The molecule has 3 heteroatoms. The summed E-state index contributed by atoms with van der Waals surface area (Å²) < 4.78 is 9.12. The van der Waals surface area contributed by atoms with Gasteiger partial charge in [-0.05, 0) is 99.4 Å². The molecule has 0 radical (unpaired) electrons. The summed E-state index contributed by atoms with van der Waals surface area (Å²) in [5.74, 6) is 1.78. The Morgan fingerprint density at radius 1 is 0.466 bits per heavy atom. The first-order valence-corrected chi connectivity index (χ1v) is 20.1. The van der Waals surface area contributed by atoms with Crippen LogP contribution in [0.15, 0.2) is 194 Å². The number of hydrogen-bond acceptors (Lipinski definition) is 2. The van der Waals surface area contributed by atoms with Gasteiger partial charge in [0.25, 0.3) is 0 Å². The van der Waals surface area contributed by atoms with Crippen molar-refractivity contribution >= 4 is 49.6 Å². The number of hydrogen-bond donors (Lipinski definition) is 0. The van der Waals surface area contributed by atoms with Crippen LogP contribution in [0.1, 0.15) is 25.0 Å². The zero-order chi connectivity index (χ0) is 38.5.